The summed E-state index contributed by atoms with van der Waals surface area (Å²) in [6.07, 6.45) is 3.41. The third-order valence-corrected chi connectivity index (χ3v) is 4.41. The zero-order valence-corrected chi connectivity index (χ0v) is 14.3. The van der Waals surface area contributed by atoms with Gasteiger partial charge in [0.1, 0.15) is 11.6 Å². The molecular weight excluding hydrogens is 300 g/mol. The molecule has 0 spiro atoms. The SMILES string of the molecule is Cc1cc(N2CCCCC2CNC(=O)c2ccccc2)nc(C)n1. The minimum Gasteiger partial charge on any atom is -0.352 e. The Bertz CT molecular complexity index is 682. The summed E-state index contributed by atoms with van der Waals surface area (Å²) in [5, 5.41) is 3.07. The van der Waals surface area contributed by atoms with Crippen LogP contribution in [0.1, 0.15) is 41.1 Å². The van der Waals surface area contributed by atoms with Crippen LogP contribution in [0.25, 0.3) is 0 Å². The van der Waals surface area contributed by atoms with E-state index in [1.54, 1.807) is 0 Å². The van der Waals surface area contributed by atoms with Gasteiger partial charge in [0, 0.05) is 36.5 Å². The molecule has 1 aromatic heterocycles. The monoisotopic (exact) mass is 324 g/mol. The van der Waals surface area contributed by atoms with Crippen LogP contribution in [0, 0.1) is 13.8 Å². The highest BCUT2D eigenvalue weighted by atomic mass is 16.1. The molecule has 24 heavy (non-hydrogen) atoms. The number of anilines is 1. The van der Waals surface area contributed by atoms with E-state index >= 15 is 0 Å². The van der Waals surface area contributed by atoms with Gasteiger partial charge in [0.25, 0.3) is 5.91 Å². The molecule has 1 saturated heterocycles. The van der Waals surface area contributed by atoms with Gasteiger partial charge < -0.3 is 10.2 Å². The highest BCUT2D eigenvalue weighted by molar-refractivity contribution is 5.94. The molecule has 126 valence electrons. The lowest BCUT2D eigenvalue weighted by molar-refractivity contribution is 0.0949. The summed E-state index contributed by atoms with van der Waals surface area (Å²) >= 11 is 0. The standard InChI is InChI=1S/C19H24N4O/c1-14-12-18(22-15(2)21-14)23-11-7-6-10-17(23)13-20-19(24)16-8-4-3-5-9-16/h3-5,8-9,12,17H,6-7,10-11,13H2,1-2H3,(H,20,24). The van der Waals surface area contributed by atoms with Gasteiger partial charge in [0.2, 0.25) is 0 Å². The van der Waals surface area contributed by atoms with E-state index in [0.717, 1.165) is 36.7 Å². The van der Waals surface area contributed by atoms with Crippen molar-refractivity contribution >= 4 is 11.7 Å². The second-order valence-electron chi connectivity index (χ2n) is 6.33. The average molecular weight is 324 g/mol. The molecule has 1 aliphatic rings. The lowest BCUT2D eigenvalue weighted by Crippen LogP contribution is -2.47. The summed E-state index contributed by atoms with van der Waals surface area (Å²) in [6, 6.07) is 11.7. The second kappa shape index (κ2) is 7.43. The highest BCUT2D eigenvalue weighted by Gasteiger charge is 2.24. The van der Waals surface area contributed by atoms with Gasteiger partial charge in [-0.25, -0.2) is 9.97 Å². The minimum atomic E-state index is -0.0174. The number of benzene rings is 1. The fourth-order valence-electron chi connectivity index (χ4n) is 3.26. The first-order valence-corrected chi connectivity index (χ1v) is 8.55. The van der Waals surface area contributed by atoms with Crippen LogP contribution in [0.5, 0.6) is 0 Å². The van der Waals surface area contributed by atoms with Gasteiger partial charge >= 0.3 is 0 Å². The Hall–Kier alpha value is -2.43. The smallest absolute Gasteiger partial charge is 0.251 e. The number of nitrogens with zero attached hydrogens (tertiary/aromatic N) is 3. The molecule has 1 N–H and O–H groups in total. The molecule has 0 aliphatic carbocycles. The number of rotatable bonds is 4. The van der Waals surface area contributed by atoms with E-state index in [0.29, 0.717) is 12.1 Å². The Morgan fingerprint density at radius 2 is 2.00 bits per heavy atom. The van der Waals surface area contributed by atoms with Crippen LogP contribution in [0.2, 0.25) is 0 Å². The van der Waals surface area contributed by atoms with Crippen LogP contribution in [0.3, 0.4) is 0 Å². The number of aromatic nitrogens is 2. The van der Waals surface area contributed by atoms with Gasteiger partial charge in [0.15, 0.2) is 0 Å². The van der Waals surface area contributed by atoms with E-state index in [9.17, 15) is 4.79 Å². The normalized spacial score (nSPS) is 17.6. The molecule has 1 unspecified atom stereocenters. The molecule has 1 aromatic carbocycles. The number of aryl methyl sites for hydroxylation is 2. The Kier molecular flexibility index (Phi) is 5.08. The molecule has 1 amide bonds. The molecule has 1 fully saturated rings. The highest BCUT2D eigenvalue weighted by Crippen LogP contribution is 2.23. The molecule has 1 aliphatic heterocycles. The number of carbonyl (C=O) groups excluding carboxylic acids is 1. The number of hydrogen-bond acceptors (Lipinski definition) is 4. The maximum absolute atomic E-state index is 12.3. The molecule has 3 rings (SSSR count). The van der Waals surface area contributed by atoms with Crippen molar-refractivity contribution in [3.63, 3.8) is 0 Å². The maximum atomic E-state index is 12.3. The van der Waals surface area contributed by atoms with Gasteiger partial charge in [-0.1, -0.05) is 18.2 Å². The summed E-state index contributed by atoms with van der Waals surface area (Å²) in [6.45, 7) is 5.53. The quantitative estimate of drug-likeness (QED) is 0.939. The van der Waals surface area contributed by atoms with Gasteiger partial charge in [0.05, 0.1) is 0 Å². The van der Waals surface area contributed by atoms with Crippen molar-refractivity contribution in [3.8, 4) is 0 Å². The largest absolute Gasteiger partial charge is 0.352 e. The van der Waals surface area contributed by atoms with Crippen LogP contribution in [-0.4, -0.2) is 35.0 Å². The van der Waals surface area contributed by atoms with Crippen molar-refractivity contribution in [1.82, 2.24) is 15.3 Å². The lowest BCUT2D eigenvalue weighted by Gasteiger charge is -2.37. The zero-order chi connectivity index (χ0) is 16.9. The number of carbonyl (C=O) groups is 1. The Morgan fingerprint density at radius 1 is 1.21 bits per heavy atom. The first kappa shape index (κ1) is 16.4. The number of nitrogens with one attached hydrogen (secondary N) is 1. The summed E-state index contributed by atoms with van der Waals surface area (Å²) in [7, 11) is 0. The zero-order valence-electron chi connectivity index (χ0n) is 14.3. The predicted molar refractivity (Wildman–Crippen MR) is 95.3 cm³/mol. The van der Waals surface area contributed by atoms with Gasteiger partial charge in [-0.15, -0.1) is 0 Å². The van der Waals surface area contributed by atoms with Crippen LogP contribution in [-0.2, 0) is 0 Å². The number of amides is 1. The summed E-state index contributed by atoms with van der Waals surface area (Å²) < 4.78 is 0. The van der Waals surface area contributed by atoms with Gasteiger partial charge in [-0.3, -0.25) is 4.79 Å². The summed E-state index contributed by atoms with van der Waals surface area (Å²) in [5.74, 6) is 1.75. The van der Waals surface area contributed by atoms with E-state index in [4.69, 9.17) is 0 Å². The summed E-state index contributed by atoms with van der Waals surface area (Å²) in [4.78, 5) is 23.6. The third-order valence-electron chi connectivity index (χ3n) is 4.41. The third kappa shape index (κ3) is 3.91. The molecule has 0 bridgehead atoms. The molecule has 0 saturated carbocycles. The second-order valence-corrected chi connectivity index (χ2v) is 6.33. The van der Waals surface area contributed by atoms with E-state index in [2.05, 4.69) is 20.2 Å². The van der Waals surface area contributed by atoms with Crippen molar-refractivity contribution in [2.24, 2.45) is 0 Å². The first-order valence-electron chi connectivity index (χ1n) is 8.55. The molecule has 0 radical (unpaired) electrons. The van der Waals surface area contributed by atoms with Crippen molar-refractivity contribution in [2.45, 2.75) is 39.2 Å². The van der Waals surface area contributed by atoms with Crippen molar-refractivity contribution < 1.29 is 4.79 Å². The number of piperidine rings is 1. The molecule has 2 heterocycles. The van der Waals surface area contributed by atoms with Crippen molar-refractivity contribution in [2.75, 3.05) is 18.0 Å². The topological polar surface area (TPSA) is 58.1 Å². The van der Waals surface area contributed by atoms with E-state index in [1.165, 1.54) is 6.42 Å². The molecule has 5 nitrogen and oxygen atoms in total. The van der Waals surface area contributed by atoms with E-state index in [1.807, 2.05) is 50.2 Å². The predicted octanol–water partition coefficient (Wildman–Crippen LogP) is 2.88. The molecule has 5 heteroatoms. The van der Waals surface area contributed by atoms with Crippen LogP contribution in [0.15, 0.2) is 36.4 Å². The van der Waals surface area contributed by atoms with E-state index in [-0.39, 0.29) is 11.9 Å². The lowest BCUT2D eigenvalue weighted by atomic mass is 10.0. The van der Waals surface area contributed by atoms with Gasteiger partial charge in [-0.2, -0.15) is 0 Å². The molecule has 1 atom stereocenters. The van der Waals surface area contributed by atoms with Crippen molar-refractivity contribution in [3.05, 3.63) is 53.5 Å². The fourth-order valence-corrected chi connectivity index (χ4v) is 3.26. The van der Waals surface area contributed by atoms with Crippen molar-refractivity contribution in [1.29, 1.82) is 0 Å². The summed E-state index contributed by atoms with van der Waals surface area (Å²) in [5.41, 5.74) is 1.68. The number of hydrogen-bond donors (Lipinski definition) is 1. The van der Waals surface area contributed by atoms with E-state index < -0.39 is 0 Å². The fraction of sp³-hybridized carbons (Fsp3) is 0.421. The maximum Gasteiger partial charge on any atom is 0.251 e. The van der Waals surface area contributed by atoms with Crippen LogP contribution < -0.4 is 10.2 Å². The minimum absolute atomic E-state index is 0.0174. The van der Waals surface area contributed by atoms with Crippen LogP contribution >= 0.6 is 0 Å². The Morgan fingerprint density at radius 3 is 2.75 bits per heavy atom. The van der Waals surface area contributed by atoms with Gasteiger partial charge in [-0.05, 0) is 45.2 Å². The average Bonchev–Trinajstić information content (AvgIpc) is 2.60. The Balaban J connectivity index is 1.69. The Labute approximate surface area is 143 Å². The molecular formula is C19H24N4O. The molecule has 2 aromatic rings. The van der Waals surface area contributed by atoms with Crippen LogP contribution in [0.4, 0.5) is 5.82 Å². The first-order chi connectivity index (χ1) is 11.6.